The normalized spacial score (nSPS) is 13.2. The van der Waals surface area contributed by atoms with Crippen molar-refractivity contribution in [2.24, 2.45) is 0 Å². The summed E-state index contributed by atoms with van der Waals surface area (Å²) in [6.45, 7) is 0. The molecule has 15 rings (SSSR count). The molecule has 8 aromatic carbocycles. The Morgan fingerprint density at radius 3 is 1.13 bits per heavy atom. The first kappa shape index (κ1) is 27.1. The molecule has 7 aromatic heterocycles. The molecular weight excluding hydrogens is 697 g/mol. The monoisotopic (exact) mass is 720 g/mol. The van der Waals surface area contributed by atoms with Crippen molar-refractivity contribution in [2.75, 3.05) is 0 Å². The van der Waals surface area contributed by atoms with Crippen LogP contribution in [-0.2, 0) is 0 Å². The van der Waals surface area contributed by atoms with E-state index >= 15 is 0 Å². The van der Waals surface area contributed by atoms with Gasteiger partial charge in [-0.15, -0.1) is 22.7 Å². The maximum atomic E-state index is 2.60. The molecule has 54 heavy (non-hydrogen) atoms. The van der Waals surface area contributed by atoms with E-state index in [9.17, 15) is 0 Å². The Morgan fingerprint density at radius 1 is 0.259 bits per heavy atom. The topological polar surface area (TPSA) is 17.6 Å². The van der Waals surface area contributed by atoms with Gasteiger partial charge >= 0.3 is 0 Å². The second-order valence-corrected chi connectivity index (χ2v) is 17.0. The van der Waals surface area contributed by atoms with Crippen LogP contribution >= 0.6 is 22.7 Å². The maximum Gasteiger partial charge on any atom is 0.0804 e. The standard InChI is InChI=1S/C48H24N4S2/c1-3-15-31-27(11-1)41-45-29(25-13-9-21-39-43(25)51(45)33-17-5-7-19-37(33)53-39)23-35-47(41)49(31)36-24-30-26-14-10-22-40-44(26)52(34-18-6-8-20-38(34)54-40)46(30)42-28-12-2-4-16-32(28)50(35)48(36)42/h1-24H. The van der Waals surface area contributed by atoms with Crippen LogP contribution in [0, 0.1) is 0 Å². The van der Waals surface area contributed by atoms with Gasteiger partial charge in [0.25, 0.3) is 0 Å². The first-order chi connectivity index (χ1) is 26.8. The lowest BCUT2D eigenvalue weighted by Crippen LogP contribution is -1.98. The smallest absolute Gasteiger partial charge is 0.0804 e. The van der Waals surface area contributed by atoms with E-state index in [1.807, 2.05) is 22.7 Å². The van der Waals surface area contributed by atoms with E-state index in [0.29, 0.717) is 0 Å². The summed E-state index contributed by atoms with van der Waals surface area (Å²) in [6, 6.07) is 54.8. The molecule has 0 saturated carbocycles. The number of hydrogen-bond acceptors (Lipinski definition) is 2. The van der Waals surface area contributed by atoms with Crippen LogP contribution in [-0.4, -0.2) is 17.6 Å². The van der Waals surface area contributed by atoms with E-state index in [2.05, 4.69) is 163 Å². The minimum absolute atomic E-state index is 1.24. The maximum absolute atomic E-state index is 2.60. The Labute approximate surface area is 312 Å². The second kappa shape index (κ2) is 8.95. The van der Waals surface area contributed by atoms with Crippen LogP contribution in [0.25, 0.3) is 128 Å². The van der Waals surface area contributed by atoms with Crippen LogP contribution in [0.4, 0.5) is 0 Å². The van der Waals surface area contributed by atoms with Crippen molar-refractivity contribution in [3.63, 3.8) is 0 Å². The summed E-state index contributed by atoms with van der Waals surface area (Å²) < 4.78 is 15.6. The molecule has 0 fully saturated rings. The van der Waals surface area contributed by atoms with Gasteiger partial charge < -0.3 is 17.6 Å². The Kier molecular flexibility index (Phi) is 4.48. The van der Waals surface area contributed by atoms with Gasteiger partial charge in [0, 0.05) is 43.1 Å². The molecule has 0 aliphatic rings. The molecule has 0 amide bonds. The molecule has 0 N–H and O–H groups in total. The van der Waals surface area contributed by atoms with Crippen molar-refractivity contribution in [1.82, 2.24) is 17.6 Å². The minimum atomic E-state index is 1.24. The van der Waals surface area contributed by atoms with E-state index in [0.717, 1.165) is 0 Å². The lowest BCUT2D eigenvalue weighted by Gasteiger charge is -2.13. The van der Waals surface area contributed by atoms with Gasteiger partial charge in [-0.25, -0.2) is 0 Å². The van der Waals surface area contributed by atoms with Gasteiger partial charge in [-0.05, 0) is 60.7 Å². The Balaban J connectivity index is 1.33. The number of para-hydroxylation sites is 6. The fourth-order valence-corrected chi connectivity index (χ4v) is 12.7. The van der Waals surface area contributed by atoms with Gasteiger partial charge in [0.15, 0.2) is 0 Å². The van der Waals surface area contributed by atoms with Gasteiger partial charge in [-0.1, -0.05) is 84.9 Å². The highest BCUT2D eigenvalue weighted by atomic mass is 32.1. The van der Waals surface area contributed by atoms with Crippen molar-refractivity contribution in [3.05, 3.63) is 146 Å². The van der Waals surface area contributed by atoms with E-state index < -0.39 is 0 Å². The Morgan fingerprint density at radius 2 is 0.648 bits per heavy atom. The van der Waals surface area contributed by atoms with E-state index in [4.69, 9.17) is 0 Å². The summed E-state index contributed by atoms with van der Waals surface area (Å²) in [5, 5.41) is 10.4. The van der Waals surface area contributed by atoms with Gasteiger partial charge in [0.1, 0.15) is 0 Å². The second-order valence-electron chi connectivity index (χ2n) is 14.9. The van der Waals surface area contributed by atoms with Crippen LogP contribution in [0.2, 0.25) is 0 Å². The lowest BCUT2D eigenvalue weighted by atomic mass is 10.1. The third-order valence-electron chi connectivity index (χ3n) is 12.4. The minimum Gasteiger partial charge on any atom is -0.306 e. The highest BCUT2D eigenvalue weighted by molar-refractivity contribution is 7.25. The zero-order chi connectivity index (χ0) is 34.6. The molecule has 7 heterocycles. The first-order valence-corrected chi connectivity index (χ1v) is 20.1. The highest BCUT2D eigenvalue weighted by Gasteiger charge is 2.28. The third-order valence-corrected chi connectivity index (χ3v) is 14.6. The SMILES string of the molecule is c1ccc2c(c1)sc1cccc3c4cc5c6c(c7ccccc7n6c6cc7c8cccc9sc%10ccccc%10n(c98)c7c7c8ccccc8n5c76)c4n2c13. The molecule has 0 atom stereocenters. The van der Waals surface area contributed by atoms with Crippen LogP contribution in [0.1, 0.15) is 0 Å². The van der Waals surface area contributed by atoms with Gasteiger partial charge in [-0.2, -0.15) is 0 Å². The van der Waals surface area contributed by atoms with Crippen LogP contribution in [0.5, 0.6) is 0 Å². The first-order valence-electron chi connectivity index (χ1n) is 18.5. The molecule has 0 aliphatic carbocycles. The number of benzene rings is 8. The molecule has 0 unspecified atom stereocenters. The number of fused-ring (bicyclic) bond motifs is 20. The molecule has 15 aromatic rings. The Bertz CT molecular complexity index is 3920. The molecule has 0 radical (unpaired) electrons. The quantitative estimate of drug-likeness (QED) is 0.139. The van der Waals surface area contributed by atoms with Crippen molar-refractivity contribution in [3.8, 4) is 0 Å². The van der Waals surface area contributed by atoms with E-state index in [-0.39, 0.29) is 0 Å². The number of aromatic nitrogens is 4. The molecule has 0 spiro atoms. The lowest BCUT2D eigenvalue weighted by molar-refractivity contribution is 1.26. The summed E-state index contributed by atoms with van der Waals surface area (Å²) >= 11 is 3.78. The zero-order valence-corrected chi connectivity index (χ0v) is 30.1. The summed E-state index contributed by atoms with van der Waals surface area (Å²) in [5.41, 5.74) is 15.2. The van der Waals surface area contributed by atoms with Crippen molar-refractivity contribution >= 4 is 151 Å². The van der Waals surface area contributed by atoms with Crippen molar-refractivity contribution < 1.29 is 0 Å². The number of nitrogens with zero attached hydrogens (tertiary/aromatic N) is 4. The van der Waals surface area contributed by atoms with Crippen molar-refractivity contribution in [2.45, 2.75) is 0 Å². The molecular formula is C48H24N4S2. The third kappa shape index (κ3) is 2.84. The van der Waals surface area contributed by atoms with Gasteiger partial charge in [-0.3, -0.25) is 0 Å². The number of rotatable bonds is 0. The van der Waals surface area contributed by atoms with Crippen LogP contribution in [0.3, 0.4) is 0 Å². The largest absolute Gasteiger partial charge is 0.306 e. The molecule has 6 heteroatoms. The fourth-order valence-electron chi connectivity index (χ4n) is 10.5. The van der Waals surface area contributed by atoms with Crippen LogP contribution in [0.15, 0.2) is 146 Å². The molecule has 0 bridgehead atoms. The molecule has 4 nitrogen and oxygen atoms in total. The Hall–Kier alpha value is -6.60. The van der Waals surface area contributed by atoms with E-state index in [1.54, 1.807) is 0 Å². The summed E-state index contributed by atoms with van der Waals surface area (Å²) in [4.78, 5) is 0. The highest BCUT2D eigenvalue weighted by Crippen LogP contribution is 2.50. The van der Waals surface area contributed by atoms with Crippen LogP contribution < -0.4 is 0 Å². The fraction of sp³-hybridized carbons (Fsp3) is 0. The average molecular weight is 721 g/mol. The molecule has 0 aliphatic heterocycles. The van der Waals surface area contributed by atoms with Gasteiger partial charge in [0.05, 0.1) is 85.0 Å². The number of hydrogen-bond donors (Lipinski definition) is 0. The summed E-state index contributed by atoms with van der Waals surface area (Å²) in [6.07, 6.45) is 0. The van der Waals surface area contributed by atoms with Gasteiger partial charge in [0.2, 0.25) is 0 Å². The van der Waals surface area contributed by atoms with E-state index in [1.165, 1.54) is 128 Å². The average Bonchev–Trinajstić information content (AvgIpc) is 3.95. The predicted molar refractivity (Wildman–Crippen MR) is 232 cm³/mol. The summed E-state index contributed by atoms with van der Waals surface area (Å²) in [7, 11) is 0. The zero-order valence-electron chi connectivity index (χ0n) is 28.5. The van der Waals surface area contributed by atoms with Crippen molar-refractivity contribution in [1.29, 1.82) is 0 Å². The molecule has 248 valence electrons. The summed E-state index contributed by atoms with van der Waals surface area (Å²) in [5.74, 6) is 0. The molecule has 0 saturated heterocycles. The predicted octanol–water partition coefficient (Wildman–Crippen LogP) is 13.8.